The van der Waals surface area contributed by atoms with E-state index < -0.39 is 0 Å². The number of rotatable bonds is 9. The van der Waals surface area contributed by atoms with Crippen LogP contribution >= 0.6 is 0 Å². The molecule has 0 aliphatic carbocycles. The van der Waals surface area contributed by atoms with Gasteiger partial charge >= 0.3 is 0 Å². The molecule has 0 atom stereocenters. The van der Waals surface area contributed by atoms with Crippen LogP contribution in [0.15, 0.2) is 449 Å². The van der Waals surface area contributed by atoms with Crippen molar-refractivity contribution in [1.29, 1.82) is 0 Å². The zero-order valence-electron chi connectivity index (χ0n) is 66.7. The molecular weight excluding hydrogens is 1420 g/mol. The smallest absolute Gasteiger partial charge is 0.00201 e. The van der Waals surface area contributed by atoms with Gasteiger partial charge in [-0.3, -0.25) is 0 Å². The minimum absolute atomic E-state index is 1.24. The zero-order chi connectivity index (χ0) is 79.4. The first-order valence-electron chi connectivity index (χ1n) is 41.0. The van der Waals surface area contributed by atoms with Crippen molar-refractivity contribution in [2.75, 3.05) is 0 Å². The van der Waals surface area contributed by atoms with E-state index in [1.807, 2.05) is 0 Å². The number of hydrogen-bond donors (Lipinski definition) is 0. The molecular formula is C118H86. The summed E-state index contributed by atoms with van der Waals surface area (Å²) in [6, 6.07) is 162. The third kappa shape index (κ3) is 13.9. The summed E-state index contributed by atoms with van der Waals surface area (Å²) in [5.41, 5.74) is 28.4. The van der Waals surface area contributed by atoms with Crippen LogP contribution in [0.4, 0.5) is 0 Å². The second kappa shape index (κ2) is 32.6. The SMILES string of the molecule is Cc1ccc(-c2c3ccccc3c(-c3ccccc3)c3ccccc23)c2ccccc12.Cc1ccc(-c2ccc(-c3c4ccccc4c(-c4ccccc4)c4ccccc34)cc2)cc1.Cc1cccc(-c2c3ccccc3c(-c3ccccc3)c3ccccc23)c1.Cc1ccccc1-c1c2ccccc2c(-c2ccccc2)c2ccccc12. The van der Waals surface area contributed by atoms with Gasteiger partial charge in [-0.2, -0.15) is 0 Å². The van der Waals surface area contributed by atoms with Crippen LogP contribution in [0.25, 0.3) is 197 Å². The van der Waals surface area contributed by atoms with Crippen LogP contribution < -0.4 is 0 Å². The summed E-state index contributed by atoms with van der Waals surface area (Å²) >= 11 is 0. The molecule has 0 saturated carbocycles. The third-order valence-electron chi connectivity index (χ3n) is 23.7. The van der Waals surface area contributed by atoms with Gasteiger partial charge in [-0.15, -0.1) is 0 Å². The highest BCUT2D eigenvalue weighted by atomic mass is 14.3. The molecule has 558 valence electrons. The Morgan fingerprint density at radius 3 is 0.653 bits per heavy atom. The second-order valence-corrected chi connectivity index (χ2v) is 30.9. The van der Waals surface area contributed by atoms with Crippen LogP contribution in [0.1, 0.15) is 22.3 Å². The molecule has 0 bridgehead atoms. The van der Waals surface area contributed by atoms with Crippen LogP contribution in [0.5, 0.6) is 0 Å². The number of fused-ring (bicyclic) bond motifs is 9. The van der Waals surface area contributed by atoms with Crippen LogP contribution in [-0.4, -0.2) is 0 Å². The maximum absolute atomic E-state index is 2.30. The second-order valence-electron chi connectivity index (χ2n) is 30.9. The summed E-state index contributed by atoms with van der Waals surface area (Å²) in [6.45, 7) is 8.68. The first kappa shape index (κ1) is 73.4. The van der Waals surface area contributed by atoms with E-state index in [9.17, 15) is 0 Å². The first-order valence-corrected chi connectivity index (χ1v) is 41.0. The summed E-state index contributed by atoms with van der Waals surface area (Å²) in [6.07, 6.45) is 0. The summed E-state index contributed by atoms with van der Waals surface area (Å²) in [7, 11) is 0. The number of aryl methyl sites for hydroxylation is 4. The Balaban J connectivity index is 0.000000105. The van der Waals surface area contributed by atoms with Gasteiger partial charge in [0, 0.05) is 0 Å². The lowest BCUT2D eigenvalue weighted by Crippen LogP contribution is -1.92. The lowest BCUT2D eigenvalue weighted by molar-refractivity contribution is 1.47. The standard InChI is InChI=1S/C33H24.C31H22.2C27H20/c1-23-15-17-24(18-16-23)25-19-21-27(22-20-25)33-30-13-7-5-11-28(30)32(26-9-3-2-4-10-26)29-12-6-8-14-31(29)33;1-21-19-20-29(24-14-6-5-13-23(21)24)31-27-17-9-7-15-25(27)30(22-11-3-2-4-12-22)26-16-8-10-18-28(26)31;1-19-10-9-13-21(18-19)27-24-16-7-5-14-22(24)26(20-11-3-2-4-12-20)23-15-6-8-17-25(23)27;1-19-11-5-6-14-21(19)27-24-17-9-7-15-22(24)26(20-12-3-2-4-13-20)23-16-8-10-18-25(23)27/h2-22H,1H3;2-20H,1H3;2*2-18H,1H3. The number of hydrogen-bond acceptors (Lipinski definition) is 0. The summed E-state index contributed by atoms with van der Waals surface area (Å²) in [4.78, 5) is 0. The molecule has 0 nitrogen and oxygen atoms in total. The molecule has 0 aliphatic heterocycles. The van der Waals surface area contributed by atoms with E-state index in [-0.39, 0.29) is 0 Å². The molecule has 0 heterocycles. The molecule has 0 saturated heterocycles. The molecule has 0 aliphatic rings. The molecule has 118 heavy (non-hydrogen) atoms. The Labute approximate surface area is 691 Å². The highest BCUT2D eigenvalue weighted by Gasteiger charge is 2.23. The lowest BCUT2D eigenvalue weighted by Gasteiger charge is -2.19. The molecule has 0 radical (unpaired) electrons. The van der Waals surface area contributed by atoms with E-state index in [4.69, 9.17) is 0 Å². The Morgan fingerprint density at radius 2 is 0.339 bits per heavy atom. The van der Waals surface area contributed by atoms with E-state index in [1.165, 1.54) is 219 Å². The molecule has 0 spiro atoms. The Kier molecular flexibility index (Phi) is 20.3. The van der Waals surface area contributed by atoms with Crippen molar-refractivity contribution in [2.45, 2.75) is 27.7 Å². The van der Waals surface area contributed by atoms with Gasteiger partial charge in [0.05, 0.1) is 0 Å². The van der Waals surface area contributed by atoms with Crippen LogP contribution in [-0.2, 0) is 0 Å². The Hall–Kier alpha value is -14.8. The average Bonchev–Trinajstić information content (AvgIpc) is 0.747. The van der Waals surface area contributed by atoms with Crippen molar-refractivity contribution in [2.24, 2.45) is 0 Å². The Bertz CT molecular complexity index is 7230. The van der Waals surface area contributed by atoms with Crippen LogP contribution in [0.3, 0.4) is 0 Å². The molecule has 0 fully saturated rings. The highest BCUT2D eigenvalue weighted by Crippen LogP contribution is 2.50. The van der Waals surface area contributed by atoms with E-state index in [2.05, 4.69) is 477 Å². The van der Waals surface area contributed by atoms with Gasteiger partial charge < -0.3 is 0 Å². The van der Waals surface area contributed by atoms with Crippen molar-refractivity contribution in [3.05, 3.63) is 471 Å². The fourth-order valence-electron chi connectivity index (χ4n) is 18.3. The van der Waals surface area contributed by atoms with Crippen molar-refractivity contribution in [1.82, 2.24) is 0 Å². The summed E-state index contributed by atoms with van der Waals surface area (Å²) < 4.78 is 0. The van der Waals surface area contributed by atoms with Gasteiger partial charge in [0.15, 0.2) is 0 Å². The van der Waals surface area contributed by atoms with Crippen molar-refractivity contribution in [3.63, 3.8) is 0 Å². The van der Waals surface area contributed by atoms with Crippen LogP contribution in [0.2, 0.25) is 0 Å². The normalized spacial score (nSPS) is 11.2. The van der Waals surface area contributed by atoms with Crippen LogP contribution in [0, 0.1) is 27.7 Å². The van der Waals surface area contributed by atoms with Gasteiger partial charge in [-0.25, -0.2) is 0 Å². The zero-order valence-corrected chi connectivity index (χ0v) is 66.7. The number of benzene rings is 22. The molecule has 0 heteroatoms. The minimum atomic E-state index is 1.24. The van der Waals surface area contributed by atoms with E-state index in [0.717, 1.165) is 0 Å². The lowest BCUT2D eigenvalue weighted by atomic mass is 9.84. The highest BCUT2D eigenvalue weighted by molar-refractivity contribution is 6.26. The van der Waals surface area contributed by atoms with Crippen molar-refractivity contribution in [3.8, 4) is 100 Å². The molecule has 22 aromatic rings. The minimum Gasteiger partial charge on any atom is -0.0622 e. The quantitative estimate of drug-likeness (QED) is 0.126. The van der Waals surface area contributed by atoms with Gasteiger partial charge in [0.25, 0.3) is 0 Å². The van der Waals surface area contributed by atoms with Crippen molar-refractivity contribution < 1.29 is 0 Å². The van der Waals surface area contributed by atoms with Gasteiger partial charge in [0.1, 0.15) is 0 Å². The summed E-state index contributed by atoms with van der Waals surface area (Å²) in [5.74, 6) is 0. The fourth-order valence-corrected chi connectivity index (χ4v) is 18.3. The molecule has 0 N–H and O–H groups in total. The molecule has 0 aromatic heterocycles. The first-order chi connectivity index (χ1) is 58.3. The fraction of sp³-hybridized carbons (Fsp3) is 0.0339. The van der Waals surface area contributed by atoms with Gasteiger partial charge in [0.2, 0.25) is 0 Å². The van der Waals surface area contributed by atoms with E-state index in [1.54, 1.807) is 0 Å². The predicted octanol–water partition coefficient (Wildman–Crippen LogP) is 33.4. The van der Waals surface area contributed by atoms with E-state index in [0.29, 0.717) is 0 Å². The summed E-state index contributed by atoms with van der Waals surface area (Å²) in [5, 5.41) is 23.4. The van der Waals surface area contributed by atoms with Gasteiger partial charge in [-0.05, 0) is 236 Å². The van der Waals surface area contributed by atoms with Crippen molar-refractivity contribution >= 4 is 97.0 Å². The van der Waals surface area contributed by atoms with Gasteiger partial charge in [-0.1, -0.05) is 460 Å². The largest absolute Gasteiger partial charge is 0.0622 e. The maximum atomic E-state index is 2.30. The monoisotopic (exact) mass is 1500 g/mol. The van der Waals surface area contributed by atoms with E-state index >= 15 is 0 Å². The molecule has 0 unspecified atom stereocenters. The maximum Gasteiger partial charge on any atom is -0.00201 e. The average molecular weight is 1500 g/mol. The topological polar surface area (TPSA) is 0 Å². The Morgan fingerprint density at radius 1 is 0.110 bits per heavy atom. The molecule has 22 rings (SSSR count). The molecule has 0 amide bonds. The predicted molar refractivity (Wildman–Crippen MR) is 511 cm³/mol. The third-order valence-corrected chi connectivity index (χ3v) is 23.7. The molecule has 22 aromatic carbocycles.